The van der Waals surface area contributed by atoms with Crippen molar-refractivity contribution in [3.05, 3.63) is 11.6 Å². The topological polar surface area (TPSA) is 236 Å². The lowest BCUT2D eigenvalue weighted by atomic mass is 9.38. The van der Waals surface area contributed by atoms with Gasteiger partial charge in [-0.2, -0.15) is 0 Å². The van der Waals surface area contributed by atoms with Crippen molar-refractivity contribution in [2.24, 2.45) is 45.3 Å². The summed E-state index contributed by atoms with van der Waals surface area (Å²) in [7, 11) is 0. The summed E-state index contributed by atoms with van der Waals surface area (Å²) in [4.78, 5) is 14.8. The maximum Gasteiger partial charge on any atom is 0.187 e. The van der Waals surface area contributed by atoms with Gasteiger partial charge in [0, 0.05) is 17.3 Å². The van der Waals surface area contributed by atoms with Crippen LogP contribution in [0.2, 0.25) is 0 Å². The highest BCUT2D eigenvalue weighted by molar-refractivity contribution is 5.88. The molecule has 322 valence electrons. The predicted octanol–water partition coefficient (Wildman–Crippen LogP) is 1.33. The van der Waals surface area contributed by atoms with E-state index < -0.39 is 103 Å². The number of ether oxygens (including phenoxy) is 4. The molecule has 2 saturated heterocycles. The molecular formula is C42H70O14. The maximum absolute atomic E-state index is 14.8. The molecule has 0 radical (unpaired) electrons. The monoisotopic (exact) mass is 798 g/mol. The number of rotatable bonds is 11. The first-order valence-corrected chi connectivity index (χ1v) is 20.9. The van der Waals surface area contributed by atoms with Gasteiger partial charge in [0.05, 0.1) is 31.0 Å². The summed E-state index contributed by atoms with van der Waals surface area (Å²) in [5, 5.41) is 93.8. The van der Waals surface area contributed by atoms with Crippen molar-refractivity contribution in [2.75, 3.05) is 13.2 Å². The van der Waals surface area contributed by atoms with Gasteiger partial charge in [0.15, 0.2) is 12.6 Å². The summed E-state index contributed by atoms with van der Waals surface area (Å²) >= 11 is 0. The molecule has 0 bridgehead atoms. The molecule has 4 aliphatic carbocycles. The number of allylic oxidation sites excluding steroid dienone is 1. The molecule has 14 heteroatoms. The van der Waals surface area contributed by atoms with Crippen molar-refractivity contribution in [1.82, 2.24) is 0 Å². The largest absolute Gasteiger partial charge is 0.394 e. The second-order valence-electron chi connectivity index (χ2n) is 20.1. The minimum absolute atomic E-state index is 0.00678. The number of Topliss-reactive ketones (excluding diaryl/α,β-unsaturated/α-hetero) is 1. The molecule has 2 heterocycles. The van der Waals surface area contributed by atoms with Crippen LogP contribution in [0.1, 0.15) is 107 Å². The summed E-state index contributed by atoms with van der Waals surface area (Å²) in [6, 6.07) is 0. The number of hydrogen-bond donors (Lipinski definition) is 9. The van der Waals surface area contributed by atoms with Crippen LogP contribution in [-0.4, -0.2) is 144 Å². The number of aliphatic hydroxyl groups excluding tert-OH is 8. The molecule has 0 aromatic heterocycles. The second-order valence-corrected chi connectivity index (χ2v) is 20.1. The quantitative estimate of drug-likeness (QED) is 0.134. The molecule has 5 fully saturated rings. The second kappa shape index (κ2) is 15.7. The van der Waals surface area contributed by atoms with E-state index in [-0.39, 0.29) is 28.6 Å². The van der Waals surface area contributed by atoms with Gasteiger partial charge in [0.1, 0.15) is 54.6 Å². The molecule has 0 amide bonds. The molecular weight excluding hydrogens is 728 g/mol. The minimum atomic E-state index is -1.67. The van der Waals surface area contributed by atoms with Crippen LogP contribution in [0.3, 0.4) is 0 Å². The number of aliphatic hydroxyl groups is 9. The summed E-state index contributed by atoms with van der Waals surface area (Å²) in [5.74, 6) is 1.05. The fourth-order valence-corrected chi connectivity index (χ4v) is 12.3. The molecule has 0 aromatic carbocycles. The fraction of sp³-hybridized carbons (Fsp3) is 0.929. The van der Waals surface area contributed by atoms with Gasteiger partial charge in [-0.1, -0.05) is 53.2 Å². The van der Waals surface area contributed by atoms with Crippen LogP contribution in [-0.2, 0) is 23.7 Å². The zero-order valence-electron chi connectivity index (χ0n) is 34.5. The fourth-order valence-electron chi connectivity index (χ4n) is 12.3. The highest BCUT2D eigenvalue weighted by Crippen LogP contribution is 2.74. The van der Waals surface area contributed by atoms with Crippen molar-refractivity contribution in [1.29, 1.82) is 0 Å². The summed E-state index contributed by atoms with van der Waals surface area (Å²) in [6.45, 7) is 15.5. The van der Waals surface area contributed by atoms with Crippen molar-refractivity contribution < 1.29 is 69.7 Å². The number of carbonyl (C=O) groups is 1. The first-order chi connectivity index (χ1) is 25.9. The van der Waals surface area contributed by atoms with Crippen molar-refractivity contribution in [3.63, 3.8) is 0 Å². The molecule has 0 aromatic rings. The Morgan fingerprint density at radius 1 is 0.839 bits per heavy atom. The van der Waals surface area contributed by atoms with Gasteiger partial charge < -0.3 is 64.9 Å². The van der Waals surface area contributed by atoms with E-state index in [9.17, 15) is 50.8 Å². The number of carbonyl (C=O) groups excluding carboxylic acids is 1. The van der Waals surface area contributed by atoms with Crippen LogP contribution in [0.5, 0.6) is 0 Å². The molecule has 9 N–H and O–H groups in total. The van der Waals surface area contributed by atoms with Crippen LogP contribution in [0, 0.1) is 45.3 Å². The minimum Gasteiger partial charge on any atom is -0.394 e. The Morgan fingerprint density at radius 3 is 2.07 bits per heavy atom. The normalized spacial score (nSPS) is 49.0. The van der Waals surface area contributed by atoms with Crippen molar-refractivity contribution in [3.8, 4) is 0 Å². The molecule has 3 saturated carbocycles. The van der Waals surface area contributed by atoms with Crippen molar-refractivity contribution in [2.45, 2.75) is 186 Å². The van der Waals surface area contributed by atoms with E-state index >= 15 is 0 Å². The Balaban J connectivity index is 1.16. The van der Waals surface area contributed by atoms with Gasteiger partial charge in [0.25, 0.3) is 0 Å². The molecule has 56 heavy (non-hydrogen) atoms. The average molecular weight is 799 g/mol. The molecule has 19 unspecified atom stereocenters. The molecule has 0 spiro atoms. The molecule has 19 atom stereocenters. The first kappa shape index (κ1) is 44.4. The number of hydrogen-bond acceptors (Lipinski definition) is 14. The summed E-state index contributed by atoms with van der Waals surface area (Å²) in [6.07, 6.45) is -8.20. The van der Waals surface area contributed by atoms with E-state index in [1.54, 1.807) is 13.8 Å². The number of fused-ring (bicyclic) bond motifs is 5. The van der Waals surface area contributed by atoms with Gasteiger partial charge in [-0.15, -0.1) is 0 Å². The first-order valence-electron chi connectivity index (χ1n) is 20.9. The molecule has 14 nitrogen and oxygen atoms in total. The van der Waals surface area contributed by atoms with E-state index in [0.29, 0.717) is 37.4 Å². The Hall–Kier alpha value is -1.11. The van der Waals surface area contributed by atoms with E-state index in [1.807, 2.05) is 0 Å². The molecule has 6 aliphatic rings. The van der Waals surface area contributed by atoms with Gasteiger partial charge in [-0.3, -0.25) is 4.79 Å². The lowest BCUT2D eigenvalue weighted by molar-refractivity contribution is -0.340. The summed E-state index contributed by atoms with van der Waals surface area (Å²) in [5.41, 5.74) is -1.46. The van der Waals surface area contributed by atoms with E-state index in [4.69, 9.17) is 18.9 Å². The third-order valence-corrected chi connectivity index (χ3v) is 16.3. The van der Waals surface area contributed by atoms with Gasteiger partial charge in [-0.05, 0) is 93.3 Å². The maximum atomic E-state index is 14.8. The van der Waals surface area contributed by atoms with E-state index in [0.717, 1.165) is 31.3 Å². The Bertz CT molecular complexity index is 1450. The van der Waals surface area contributed by atoms with Crippen LogP contribution in [0.4, 0.5) is 0 Å². The van der Waals surface area contributed by atoms with E-state index in [2.05, 4.69) is 47.6 Å². The zero-order chi connectivity index (χ0) is 41.5. The Labute approximate surface area is 331 Å². The van der Waals surface area contributed by atoms with Gasteiger partial charge in [-0.25, -0.2) is 0 Å². The zero-order valence-corrected chi connectivity index (χ0v) is 34.5. The standard InChI is InChI=1S/C42H70O14/c1-20(9-13-27(44)39(4,5)52)21-15-16-40(6)26-12-10-22-23(42(26,8)28(45)17-41(21,40)7)11-14-29(38(22,2)3)56-37-35(51)33(49)31(47)25(55-37)19-53-36-34(50)32(48)30(46)24(18-43)54-36/h10,20-21,23-27,29-37,43-44,46-52H,9,11-19H2,1-8H3. The lowest BCUT2D eigenvalue weighted by Crippen LogP contribution is -2.64. The highest BCUT2D eigenvalue weighted by atomic mass is 16.7. The van der Waals surface area contributed by atoms with Gasteiger partial charge >= 0.3 is 0 Å². The Kier molecular flexibility index (Phi) is 12.5. The molecule has 6 rings (SSSR count). The van der Waals surface area contributed by atoms with Gasteiger partial charge in [0.2, 0.25) is 0 Å². The number of ketones is 1. The van der Waals surface area contributed by atoms with Crippen LogP contribution >= 0.6 is 0 Å². The van der Waals surface area contributed by atoms with Crippen LogP contribution < -0.4 is 0 Å². The Morgan fingerprint density at radius 2 is 1.45 bits per heavy atom. The smallest absolute Gasteiger partial charge is 0.187 e. The third kappa shape index (κ3) is 7.17. The average Bonchev–Trinajstić information content (AvgIpc) is 3.40. The molecule has 2 aliphatic heterocycles. The highest BCUT2D eigenvalue weighted by Gasteiger charge is 2.70. The lowest BCUT2D eigenvalue weighted by Gasteiger charge is -2.65. The third-order valence-electron chi connectivity index (χ3n) is 16.3. The SMILES string of the molecule is CC(CCC(O)C(C)(C)O)C1CCC2(C)C3CC=C4C(CCC(OC5OC(COC6OC(CO)C(O)C(O)C6O)C(O)C(O)C5O)C4(C)C)C3(C)C(=O)CC12C. The van der Waals surface area contributed by atoms with Crippen LogP contribution in [0.15, 0.2) is 11.6 Å². The predicted molar refractivity (Wildman–Crippen MR) is 201 cm³/mol. The van der Waals surface area contributed by atoms with Crippen LogP contribution in [0.25, 0.3) is 0 Å². The van der Waals surface area contributed by atoms with Crippen molar-refractivity contribution >= 4 is 5.78 Å². The van der Waals surface area contributed by atoms with E-state index in [1.165, 1.54) is 0 Å². The summed E-state index contributed by atoms with van der Waals surface area (Å²) < 4.78 is 23.5.